The molecule has 0 bridgehead atoms. The largest absolute Gasteiger partial charge is 0.490 e. The number of rotatable bonds is 8. The first-order valence-corrected chi connectivity index (χ1v) is 10.1. The van der Waals surface area contributed by atoms with E-state index < -0.39 is 0 Å². The molecular weight excluding hydrogens is 390 g/mol. The van der Waals surface area contributed by atoms with Crippen molar-refractivity contribution < 1.29 is 14.3 Å². The lowest BCUT2D eigenvalue weighted by molar-refractivity contribution is 0.0633. The molecule has 1 aromatic heterocycles. The van der Waals surface area contributed by atoms with E-state index in [1.807, 2.05) is 41.4 Å². The third kappa shape index (κ3) is 5.84. The van der Waals surface area contributed by atoms with Gasteiger partial charge in [-0.05, 0) is 42.7 Å². The molecule has 29 heavy (non-hydrogen) atoms. The normalized spacial score (nSPS) is 16.1. The molecule has 1 aromatic carbocycles. The number of carbonyl (C=O) groups is 1. The zero-order valence-electron chi connectivity index (χ0n) is 17.1. The van der Waals surface area contributed by atoms with Crippen molar-refractivity contribution in [2.24, 2.45) is 0 Å². The quantitative estimate of drug-likeness (QED) is 0.703. The van der Waals surface area contributed by atoms with E-state index in [0.717, 1.165) is 24.9 Å². The third-order valence-electron chi connectivity index (χ3n) is 4.69. The molecule has 1 aliphatic heterocycles. The van der Waals surface area contributed by atoms with Gasteiger partial charge in [0, 0.05) is 37.6 Å². The van der Waals surface area contributed by atoms with Crippen LogP contribution in [0.2, 0.25) is 0 Å². The number of hydrogen-bond donors (Lipinski definition) is 1. The Bertz CT molecular complexity index is 773. The number of aromatic nitrogens is 1. The first-order valence-electron chi connectivity index (χ1n) is 10.1. The number of amides is 1. The van der Waals surface area contributed by atoms with Gasteiger partial charge in [-0.25, -0.2) is 0 Å². The minimum absolute atomic E-state index is 0. The molecule has 7 heteroatoms. The maximum absolute atomic E-state index is 13.3. The average Bonchev–Trinajstić information content (AvgIpc) is 2.76. The molecule has 2 heterocycles. The molecule has 0 spiro atoms. The van der Waals surface area contributed by atoms with Crippen molar-refractivity contribution in [3.8, 4) is 11.5 Å². The highest BCUT2D eigenvalue weighted by molar-refractivity contribution is 5.95. The van der Waals surface area contributed by atoms with Crippen LogP contribution < -0.4 is 14.8 Å². The number of nitrogens with one attached hydrogen (secondary N) is 1. The molecular formula is C22H30ClN3O3. The number of carbonyl (C=O) groups excluding carboxylic acids is 1. The van der Waals surface area contributed by atoms with Crippen molar-refractivity contribution in [2.75, 3.05) is 32.8 Å². The molecule has 1 atom stereocenters. The van der Waals surface area contributed by atoms with Crippen LogP contribution in [0.25, 0.3) is 0 Å². The zero-order valence-corrected chi connectivity index (χ0v) is 17.9. The number of piperazine rings is 1. The topological polar surface area (TPSA) is 63.7 Å². The molecule has 0 saturated carbocycles. The Morgan fingerprint density at radius 3 is 2.62 bits per heavy atom. The van der Waals surface area contributed by atoms with Crippen LogP contribution in [0.15, 0.2) is 42.7 Å². The fourth-order valence-electron chi connectivity index (χ4n) is 3.28. The van der Waals surface area contributed by atoms with Gasteiger partial charge in [-0.1, -0.05) is 19.9 Å². The Morgan fingerprint density at radius 1 is 1.17 bits per heavy atom. The second-order valence-corrected chi connectivity index (χ2v) is 6.86. The van der Waals surface area contributed by atoms with Crippen molar-refractivity contribution >= 4 is 18.3 Å². The fraction of sp³-hybridized carbons (Fsp3) is 0.455. The number of pyridine rings is 1. The third-order valence-corrected chi connectivity index (χ3v) is 4.69. The smallest absolute Gasteiger partial charge is 0.254 e. The van der Waals surface area contributed by atoms with Crippen molar-refractivity contribution in [1.82, 2.24) is 15.2 Å². The van der Waals surface area contributed by atoms with Crippen LogP contribution in [0.4, 0.5) is 0 Å². The summed E-state index contributed by atoms with van der Waals surface area (Å²) in [5.74, 6) is 1.32. The predicted molar refractivity (Wildman–Crippen MR) is 116 cm³/mol. The van der Waals surface area contributed by atoms with Gasteiger partial charge in [0.2, 0.25) is 0 Å². The SMILES string of the molecule is CCCOc1ccc(C(=O)N2CCNCC2c2cccnc2)cc1OCCC.Cl. The maximum atomic E-state index is 13.3. The number of halogens is 1. The number of nitrogens with zero attached hydrogens (tertiary/aromatic N) is 2. The second kappa shape index (κ2) is 11.6. The predicted octanol–water partition coefficient (Wildman–Crippen LogP) is 3.87. The van der Waals surface area contributed by atoms with Crippen LogP contribution in [-0.2, 0) is 0 Å². The molecule has 0 aliphatic carbocycles. The second-order valence-electron chi connectivity index (χ2n) is 6.86. The van der Waals surface area contributed by atoms with Crippen molar-refractivity contribution in [3.63, 3.8) is 0 Å². The van der Waals surface area contributed by atoms with Crippen LogP contribution in [0.3, 0.4) is 0 Å². The molecule has 2 aromatic rings. The van der Waals surface area contributed by atoms with Gasteiger partial charge in [-0.2, -0.15) is 0 Å². The summed E-state index contributed by atoms with van der Waals surface area (Å²) in [5, 5.41) is 3.37. The Morgan fingerprint density at radius 2 is 1.93 bits per heavy atom. The fourth-order valence-corrected chi connectivity index (χ4v) is 3.28. The van der Waals surface area contributed by atoms with E-state index >= 15 is 0 Å². The molecule has 1 N–H and O–H groups in total. The van der Waals surface area contributed by atoms with Crippen molar-refractivity contribution in [3.05, 3.63) is 53.9 Å². The Hall–Kier alpha value is -2.31. The first kappa shape index (κ1) is 23.0. The van der Waals surface area contributed by atoms with E-state index in [4.69, 9.17) is 9.47 Å². The summed E-state index contributed by atoms with van der Waals surface area (Å²) in [5.41, 5.74) is 1.65. The van der Waals surface area contributed by atoms with E-state index in [2.05, 4.69) is 24.1 Å². The van der Waals surface area contributed by atoms with Crippen LogP contribution in [0, 0.1) is 0 Å². The highest BCUT2D eigenvalue weighted by Gasteiger charge is 2.29. The minimum atomic E-state index is -0.0361. The first-order chi connectivity index (χ1) is 13.7. The van der Waals surface area contributed by atoms with Gasteiger partial charge in [0.15, 0.2) is 11.5 Å². The summed E-state index contributed by atoms with van der Waals surface area (Å²) in [7, 11) is 0. The molecule has 1 fully saturated rings. The zero-order chi connectivity index (χ0) is 19.8. The molecule has 1 unspecified atom stereocenters. The van der Waals surface area contributed by atoms with Crippen molar-refractivity contribution in [2.45, 2.75) is 32.7 Å². The van der Waals surface area contributed by atoms with Crippen LogP contribution in [-0.4, -0.2) is 48.6 Å². The van der Waals surface area contributed by atoms with Crippen LogP contribution >= 0.6 is 12.4 Å². The van der Waals surface area contributed by atoms with Gasteiger partial charge in [0.05, 0.1) is 19.3 Å². The summed E-state index contributed by atoms with van der Waals surface area (Å²) < 4.78 is 11.6. The Kier molecular flexibility index (Phi) is 9.22. The van der Waals surface area contributed by atoms with Gasteiger partial charge in [0.1, 0.15) is 0 Å². The van der Waals surface area contributed by atoms with E-state index in [1.165, 1.54) is 0 Å². The highest BCUT2D eigenvalue weighted by Crippen LogP contribution is 2.31. The maximum Gasteiger partial charge on any atom is 0.254 e. The van der Waals surface area contributed by atoms with E-state index in [9.17, 15) is 4.79 Å². The van der Waals surface area contributed by atoms with Crippen molar-refractivity contribution in [1.29, 1.82) is 0 Å². The van der Waals surface area contributed by atoms with Crippen LogP contribution in [0.1, 0.15) is 48.7 Å². The Labute approximate surface area is 179 Å². The van der Waals surface area contributed by atoms with Crippen LogP contribution in [0.5, 0.6) is 11.5 Å². The lowest BCUT2D eigenvalue weighted by atomic mass is 10.0. The van der Waals surface area contributed by atoms with Gasteiger partial charge in [-0.15, -0.1) is 12.4 Å². The number of ether oxygens (including phenoxy) is 2. The summed E-state index contributed by atoms with van der Waals surface area (Å²) >= 11 is 0. The molecule has 0 radical (unpaired) electrons. The molecule has 158 valence electrons. The Balaban J connectivity index is 0.00000300. The standard InChI is InChI=1S/C22H29N3O3.ClH/c1-3-12-27-20-8-7-17(14-21(20)28-13-4-2)22(26)25-11-10-24-16-19(25)18-6-5-9-23-15-18;/h5-9,14-15,19,24H,3-4,10-13,16H2,1-2H3;1H. The van der Waals surface area contributed by atoms with E-state index in [-0.39, 0.29) is 24.4 Å². The molecule has 1 aliphatic rings. The summed E-state index contributed by atoms with van der Waals surface area (Å²) in [4.78, 5) is 19.4. The molecule has 1 saturated heterocycles. The lowest BCUT2D eigenvalue weighted by Gasteiger charge is -2.36. The van der Waals surface area contributed by atoms with Gasteiger partial charge in [0.25, 0.3) is 5.91 Å². The highest BCUT2D eigenvalue weighted by atomic mass is 35.5. The lowest BCUT2D eigenvalue weighted by Crippen LogP contribution is -2.48. The van der Waals surface area contributed by atoms with Gasteiger partial charge >= 0.3 is 0 Å². The summed E-state index contributed by atoms with van der Waals surface area (Å²) in [6, 6.07) is 9.37. The van der Waals surface area contributed by atoms with E-state index in [0.29, 0.717) is 43.4 Å². The van der Waals surface area contributed by atoms with Gasteiger partial charge < -0.3 is 19.7 Å². The molecule has 6 nitrogen and oxygen atoms in total. The summed E-state index contributed by atoms with van der Waals surface area (Å²) in [6.07, 6.45) is 5.39. The van der Waals surface area contributed by atoms with E-state index in [1.54, 1.807) is 6.20 Å². The molecule has 1 amide bonds. The minimum Gasteiger partial charge on any atom is -0.490 e. The molecule has 3 rings (SSSR count). The summed E-state index contributed by atoms with van der Waals surface area (Å²) in [6.45, 7) is 7.47. The number of benzene rings is 1. The average molecular weight is 420 g/mol. The monoisotopic (exact) mass is 419 g/mol. The van der Waals surface area contributed by atoms with Gasteiger partial charge in [-0.3, -0.25) is 9.78 Å². The number of hydrogen-bond acceptors (Lipinski definition) is 5.